The van der Waals surface area contributed by atoms with E-state index in [1.807, 2.05) is 91.0 Å². The normalized spacial score (nSPS) is 13.7. The van der Waals surface area contributed by atoms with Gasteiger partial charge in [0, 0.05) is 17.9 Å². The Hall–Kier alpha value is -3.51. The molecule has 0 fully saturated rings. The maximum Gasteiger partial charge on any atom is 0.327 e. The zero-order chi connectivity index (χ0) is 22.1. The van der Waals surface area contributed by atoms with Crippen molar-refractivity contribution in [1.29, 1.82) is 0 Å². The van der Waals surface area contributed by atoms with Crippen LogP contribution in [0.4, 0.5) is 0 Å². The van der Waals surface area contributed by atoms with E-state index in [0.717, 1.165) is 11.1 Å². The average Bonchev–Trinajstić information content (AvgIpc) is 2.81. The predicted molar refractivity (Wildman–Crippen MR) is 119 cm³/mol. The minimum absolute atomic E-state index is 0.251. The fourth-order valence-electron chi connectivity index (χ4n) is 3.93. The first-order valence-electron chi connectivity index (χ1n) is 10.1. The fraction of sp³-hybridized carbons (Fsp3) is 0.240. The molecule has 3 aromatic carbocycles. The maximum absolute atomic E-state index is 13.3. The van der Waals surface area contributed by atoms with Crippen LogP contribution >= 0.6 is 0 Å². The molecule has 1 N–H and O–H groups in total. The molecular weight excluding hydrogens is 392 g/mol. The first-order chi connectivity index (χ1) is 15.0. The smallest absolute Gasteiger partial charge is 0.327 e. The van der Waals surface area contributed by atoms with Crippen molar-refractivity contribution in [1.82, 2.24) is 5.32 Å². The number of hydrogen-bond donors (Lipinski definition) is 1. The van der Waals surface area contributed by atoms with Gasteiger partial charge < -0.3 is 4.74 Å². The van der Waals surface area contributed by atoms with E-state index in [9.17, 15) is 14.9 Å². The summed E-state index contributed by atoms with van der Waals surface area (Å²) >= 11 is 0. The third-order valence-corrected chi connectivity index (χ3v) is 5.45. The van der Waals surface area contributed by atoms with Crippen LogP contribution in [0, 0.1) is 10.1 Å². The van der Waals surface area contributed by atoms with Gasteiger partial charge in [-0.1, -0.05) is 91.0 Å². The molecule has 0 saturated carbocycles. The molecule has 0 bridgehead atoms. The number of ether oxygens (including phenoxy) is 1. The van der Waals surface area contributed by atoms with Crippen LogP contribution in [-0.4, -0.2) is 30.1 Å². The molecule has 0 saturated heterocycles. The van der Waals surface area contributed by atoms with E-state index in [2.05, 4.69) is 5.32 Å². The Balaban J connectivity index is 2.11. The Labute approximate surface area is 182 Å². The Bertz CT molecular complexity index is 980. The lowest BCUT2D eigenvalue weighted by atomic mass is 9.74. The molecule has 0 aliphatic carbocycles. The van der Waals surface area contributed by atoms with Gasteiger partial charge in [0.15, 0.2) is 0 Å². The monoisotopic (exact) mass is 418 g/mol. The van der Waals surface area contributed by atoms with Crippen LogP contribution in [0.3, 0.4) is 0 Å². The molecule has 0 heterocycles. The average molecular weight is 418 g/mol. The highest BCUT2D eigenvalue weighted by Gasteiger charge is 2.49. The lowest BCUT2D eigenvalue weighted by molar-refractivity contribution is -0.485. The van der Waals surface area contributed by atoms with E-state index >= 15 is 0 Å². The number of nitro groups is 1. The van der Waals surface area contributed by atoms with Crippen LogP contribution in [0.25, 0.3) is 0 Å². The molecule has 0 aliphatic rings. The summed E-state index contributed by atoms with van der Waals surface area (Å²) < 4.78 is 5.24. The third-order valence-electron chi connectivity index (χ3n) is 5.45. The Morgan fingerprint density at radius 3 is 1.97 bits per heavy atom. The van der Waals surface area contributed by atoms with Crippen molar-refractivity contribution in [3.05, 3.63) is 118 Å². The van der Waals surface area contributed by atoms with Gasteiger partial charge in [-0.3, -0.25) is 20.2 Å². The number of rotatable bonds is 10. The lowest BCUT2D eigenvalue weighted by Crippen LogP contribution is -2.59. The van der Waals surface area contributed by atoms with Crippen molar-refractivity contribution >= 4 is 5.97 Å². The molecule has 2 atom stereocenters. The molecule has 6 nitrogen and oxygen atoms in total. The molecule has 0 spiro atoms. The van der Waals surface area contributed by atoms with E-state index in [1.165, 1.54) is 7.11 Å². The molecule has 3 aromatic rings. The summed E-state index contributed by atoms with van der Waals surface area (Å²) in [6.07, 6.45) is 0.251. The summed E-state index contributed by atoms with van der Waals surface area (Å²) in [5.41, 5.74) is 1.23. The van der Waals surface area contributed by atoms with Gasteiger partial charge in [0.25, 0.3) is 0 Å². The van der Waals surface area contributed by atoms with Crippen LogP contribution in [0.1, 0.15) is 22.6 Å². The first kappa shape index (κ1) is 22.2. The van der Waals surface area contributed by atoms with Gasteiger partial charge in [0.05, 0.1) is 13.0 Å². The second-order valence-corrected chi connectivity index (χ2v) is 7.44. The Kier molecular flexibility index (Phi) is 7.51. The molecule has 3 rings (SSSR count). The van der Waals surface area contributed by atoms with Crippen molar-refractivity contribution < 1.29 is 14.5 Å². The van der Waals surface area contributed by atoms with Gasteiger partial charge in [-0.2, -0.15) is 0 Å². The summed E-state index contributed by atoms with van der Waals surface area (Å²) in [7, 11) is 1.32. The number of carbonyl (C=O) groups is 1. The number of methoxy groups -OCH3 is 1. The molecule has 0 aromatic heterocycles. The Morgan fingerprint density at radius 2 is 1.45 bits per heavy atom. The predicted octanol–water partition coefficient (Wildman–Crippen LogP) is 3.99. The van der Waals surface area contributed by atoms with Crippen LogP contribution in [-0.2, 0) is 22.5 Å². The minimum Gasteiger partial charge on any atom is -0.468 e. The number of hydrogen-bond acceptors (Lipinski definition) is 5. The van der Waals surface area contributed by atoms with Gasteiger partial charge in [-0.15, -0.1) is 0 Å². The number of benzene rings is 3. The van der Waals surface area contributed by atoms with E-state index in [1.54, 1.807) is 0 Å². The van der Waals surface area contributed by atoms with Crippen molar-refractivity contribution in [2.75, 3.05) is 13.7 Å². The largest absolute Gasteiger partial charge is 0.468 e. The molecule has 0 amide bonds. The summed E-state index contributed by atoms with van der Waals surface area (Å²) in [5, 5.41) is 15.1. The van der Waals surface area contributed by atoms with Crippen molar-refractivity contribution in [3.8, 4) is 0 Å². The highest BCUT2D eigenvalue weighted by atomic mass is 16.6. The highest BCUT2D eigenvalue weighted by Crippen LogP contribution is 2.34. The van der Waals surface area contributed by atoms with Gasteiger partial charge in [-0.25, -0.2) is 0 Å². The van der Waals surface area contributed by atoms with Crippen molar-refractivity contribution in [2.24, 2.45) is 0 Å². The second kappa shape index (κ2) is 10.5. The van der Waals surface area contributed by atoms with Crippen LogP contribution < -0.4 is 5.32 Å². The number of nitrogens with one attached hydrogen (secondary N) is 1. The lowest BCUT2D eigenvalue weighted by Gasteiger charge is -2.38. The maximum atomic E-state index is 13.3. The summed E-state index contributed by atoms with van der Waals surface area (Å²) in [4.78, 5) is 24.7. The van der Waals surface area contributed by atoms with Crippen LogP contribution in [0.15, 0.2) is 91.0 Å². The second-order valence-electron chi connectivity index (χ2n) is 7.44. The van der Waals surface area contributed by atoms with Crippen molar-refractivity contribution in [3.63, 3.8) is 0 Å². The first-order valence-corrected chi connectivity index (χ1v) is 10.1. The minimum atomic E-state index is -1.33. The summed E-state index contributed by atoms with van der Waals surface area (Å²) in [6.45, 7) is -0.0441. The van der Waals surface area contributed by atoms with Gasteiger partial charge in [-0.05, 0) is 16.7 Å². The molecule has 6 heteroatoms. The molecular formula is C25H26N2O4. The standard InChI is InChI=1S/C25H26N2O4/c1-31-24(28)25(17-20-11-5-2-6-12-20,26-18-21-13-7-3-8-14-21)23(19-27(29)30)22-15-9-4-10-16-22/h2-16,23,26H,17-19H2,1H3/t23-,25-/m0/s1. The van der Waals surface area contributed by atoms with Gasteiger partial charge >= 0.3 is 5.97 Å². The van der Waals surface area contributed by atoms with Gasteiger partial charge in [0.1, 0.15) is 5.54 Å². The number of carbonyl (C=O) groups excluding carboxylic acids is 1. The molecule has 31 heavy (non-hydrogen) atoms. The van der Waals surface area contributed by atoms with E-state index in [-0.39, 0.29) is 11.3 Å². The van der Waals surface area contributed by atoms with Gasteiger partial charge in [0.2, 0.25) is 6.54 Å². The van der Waals surface area contributed by atoms with Crippen molar-refractivity contribution in [2.45, 2.75) is 24.4 Å². The van der Waals surface area contributed by atoms with E-state index < -0.39 is 24.0 Å². The van der Waals surface area contributed by atoms with E-state index in [0.29, 0.717) is 12.1 Å². The summed E-state index contributed by atoms with van der Waals surface area (Å²) in [6, 6.07) is 28.3. The van der Waals surface area contributed by atoms with E-state index in [4.69, 9.17) is 4.74 Å². The zero-order valence-electron chi connectivity index (χ0n) is 17.4. The molecule has 0 radical (unpaired) electrons. The van der Waals surface area contributed by atoms with Crippen LogP contribution in [0.5, 0.6) is 0 Å². The quantitative estimate of drug-likeness (QED) is 0.306. The third kappa shape index (κ3) is 5.55. The molecule has 0 aliphatic heterocycles. The Morgan fingerprint density at radius 1 is 0.935 bits per heavy atom. The van der Waals surface area contributed by atoms with Crippen LogP contribution in [0.2, 0.25) is 0 Å². The fourth-order valence-corrected chi connectivity index (χ4v) is 3.93. The SMILES string of the molecule is COC(=O)[C@@](Cc1ccccc1)(NCc1ccccc1)[C@@H](C[N+](=O)[O-])c1ccccc1. The summed E-state index contributed by atoms with van der Waals surface area (Å²) in [5.74, 6) is -1.26. The zero-order valence-corrected chi connectivity index (χ0v) is 17.4. The topological polar surface area (TPSA) is 81.5 Å². The highest BCUT2D eigenvalue weighted by molar-refractivity contribution is 5.83. The number of nitrogens with zero attached hydrogens (tertiary/aromatic N) is 1. The number of esters is 1. The molecule has 0 unspecified atom stereocenters. The molecule has 160 valence electrons.